The fourth-order valence-electron chi connectivity index (χ4n) is 6.51. The summed E-state index contributed by atoms with van der Waals surface area (Å²) in [7, 11) is 0. The van der Waals surface area contributed by atoms with E-state index < -0.39 is 6.04 Å². The number of benzene rings is 8. The molecule has 0 aliphatic heterocycles. The van der Waals surface area contributed by atoms with E-state index in [-0.39, 0.29) is 29.7 Å². The van der Waals surface area contributed by atoms with Crippen molar-refractivity contribution in [2.45, 2.75) is 0 Å². The number of fused-ring (bicyclic) bond motifs is 4. The van der Waals surface area contributed by atoms with Crippen LogP contribution in [0.15, 0.2) is 188 Å². The van der Waals surface area contributed by atoms with E-state index in [1.165, 1.54) is 31.3 Å². The Labute approximate surface area is 291 Å². The van der Waals surface area contributed by atoms with Crippen LogP contribution in [0.3, 0.4) is 0 Å². The van der Waals surface area contributed by atoms with E-state index >= 15 is 0 Å². The lowest BCUT2D eigenvalue weighted by Crippen LogP contribution is -2.09. The van der Waals surface area contributed by atoms with E-state index in [1.807, 2.05) is 53.8 Å². The van der Waals surface area contributed by atoms with Crippen molar-refractivity contribution in [1.82, 2.24) is 0 Å². The minimum Gasteiger partial charge on any atom is -0.310 e. The van der Waals surface area contributed by atoms with Gasteiger partial charge in [0.1, 0.15) is 0 Å². The Hall–Kier alpha value is -5.96. The summed E-state index contributed by atoms with van der Waals surface area (Å²) < 4.78 is 43.7. The van der Waals surface area contributed by atoms with Crippen LogP contribution in [0.1, 0.15) is 6.85 Å². The number of para-hydroxylation sites is 1. The summed E-state index contributed by atoms with van der Waals surface area (Å²) >= 11 is 1.84. The van der Waals surface area contributed by atoms with Gasteiger partial charge < -0.3 is 4.90 Å². The predicted molar refractivity (Wildman–Crippen MR) is 208 cm³/mol. The van der Waals surface area contributed by atoms with Crippen molar-refractivity contribution in [2.24, 2.45) is 0 Å². The standard InChI is InChI=1S/C46H31NS/c1-3-9-32(10-4-1)33-21-25-41(26-22-33)47(40-11-5-2-6-12-40)42-27-23-37-29-36(19-20-38(37)30-42)34-15-17-35(18-16-34)39-24-28-46-44(31-39)43-13-7-8-14-45(43)48-46/h1-31H/i1D,3D,4D,9D,10D. The minimum atomic E-state index is -0.395. The molecule has 0 N–H and O–H groups in total. The van der Waals surface area contributed by atoms with Gasteiger partial charge in [0.2, 0.25) is 0 Å². The molecule has 9 aromatic rings. The van der Waals surface area contributed by atoms with Gasteiger partial charge in [-0.15, -0.1) is 11.3 Å². The van der Waals surface area contributed by atoms with Crippen molar-refractivity contribution in [3.63, 3.8) is 0 Å². The molecule has 0 aliphatic carbocycles. The quantitative estimate of drug-likeness (QED) is 0.176. The van der Waals surface area contributed by atoms with Gasteiger partial charge in [0, 0.05) is 37.2 Å². The molecule has 0 saturated heterocycles. The summed E-state index contributed by atoms with van der Waals surface area (Å²) in [5.74, 6) is 0. The molecular formula is C46H31NS. The van der Waals surface area contributed by atoms with E-state index in [1.54, 1.807) is 0 Å². The molecule has 0 bridgehead atoms. The minimum absolute atomic E-state index is 0.193. The van der Waals surface area contributed by atoms with E-state index in [0.29, 0.717) is 5.56 Å². The highest BCUT2D eigenvalue weighted by molar-refractivity contribution is 7.25. The van der Waals surface area contributed by atoms with E-state index in [4.69, 9.17) is 6.85 Å². The predicted octanol–water partition coefficient (Wildman–Crippen LogP) is 13.7. The normalized spacial score (nSPS) is 12.8. The topological polar surface area (TPSA) is 3.24 Å². The van der Waals surface area contributed by atoms with Crippen LogP contribution in [-0.2, 0) is 0 Å². The summed E-state index contributed by atoms with van der Waals surface area (Å²) in [5, 5.41) is 4.85. The van der Waals surface area contributed by atoms with E-state index in [0.717, 1.165) is 39.0 Å². The third-order valence-electron chi connectivity index (χ3n) is 8.94. The molecule has 0 spiro atoms. The zero-order valence-electron chi connectivity index (χ0n) is 30.9. The van der Waals surface area contributed by atoms with Gasteiger partial charge in [-0.3, -0.25) is 0 Å². The Morgan fingerprint density at radius 2 is 0.917 bits per heavy atom. The van der Waals surface area contributed by atoms with Crippen LogP contribution in [0.25, 0.3) is 64.3 Å². The van der Waals surface area contributed by atoms with E-state index in [2.05, 4.69) is 120 Å². The molecule has 1 heterocycles. The highest BCUT2D eigenvalue weighted by Crippen LogP contribution is 2.39. The third kappa shape index (κ3) is 5.23. The molecule has 48 heavy (non-hydrogen) atoms. The van der Waals surface area contributed by atoms with Crippen LogP contribution < -0.4 is 4.90 Å². The molecule has 0 atom stereocenters. The van der Waals surface area contributed by atoms with Crippen LogP contribution in [0.5, 0.6) is 0 Å². The van der Waals surface area contributed by atoms with Crippen molar-refractivity contribution in [1.29, 1.82) is 0 Å². The Kier molecular flexibility index (Phi) is 5.84. The average Bonchev–Trinajstić information content (AvgIpc) is 3.58. The van der Waals surface area contributed by atoms with Gasteiger partial charge >= 0.3 is 0 Å². The molecule has 0 radical (unpaired) electrons. The first-order chi connectivity index (χ1) is 25.8. The molecular weight excluding hydrogens is 599 g/mol. The van der Waals surface area contributed by atoms with Gasteiger partial charge in [-0.1, -0.05) is 127 Å². The molecule has 9 rings (SSSR count). The molecule has 0 amide bonds. The third-order valence-corrected chi connectivity index (χ3v) is 10.1. The number of hydrogen-bond acceptors (Lipinski definition) is 2. The summed E-state index contributed by atoms with van der Waals surface area (Å²) in [6.45, 7) is 0. The second-order valence-electron chi connectivity index (χ2n) is 11.9. The Morgan fingerprint density at radius 3 is 1.71 bits per heavy atom. The summed E-state index contributed by atoms with van der Waals surface area (Å²) in [6.07, 6.45) is 0. The maximum Gasteiger partial charge on any atom is 0.0629 e. The van der Waals surface area contributed by atoms with Crippen molar-refractivity contribution >= 4 is 59.3 Å². The second-order valence-corrected chi connectivity index (χ2v) is 12.9. The van der Waals surface area contributed by atoms with Crippen LogP contribution in [0.4, 0.5) is 17.1 Å². The first-order valence-electron chi connectivity index (χ1n) is 18.4. The van der Waals surface area contributed by atoms with Crippen LogP contribution in [-0.4, -0.2) is 0 Å². The van der Waals surface area contributed by atoms with Crippen molar-refractivity contribution in [3.05, 3.63) is 188 Å². The highest BCUT2D eigenvalue weighted by Gasteiger charge is 2.14. The number of rotatable bonds is 6. The monoisotopic (exact) mass is 634 g/mol. The second kappa shape index (κ2) is 12.0. The smallest absolute Gasteiger partial charge is 0.0629 e. The Balaban J connectivity index is 1.03. The molecule has 0 aliphatic rings. The SMILES string of the molecule is [2H]c1c([2H])c([2H])c(-c2ccc(N(c3ccccc3)c3ccc4cc(-c5ccc(-c6ccc7sc8ccccc8c7c6)cc5)ccc4c3)cc2)c([2H])c1[2H]. The molecule has 1 aromatic heterocycles. The zero-order valence-corrected chi connectivity index (χ0v) is 26.7. The zero-order chi connectivity index (χ0) is 36.2. The summed E-state index contributed by atoms with van der Waals surface area (Å²) in [6, 6.07) is 53.3. The van der Waals surface area contributed by atoms with Crippen LogP contribution >= 0.6 is 11.3 Å². The summed E-state index contributed by atoms with van der Waals surface area (Å²) in [5.41, 5.74) is 8.32. The molecule has 2 heteroatoms. The van der Waals surface area contributed by atoms with Gasteiger partial charge in [0.15, 0.2) is 0 Å². The first-order valence-corrected chi connectivity index (χ1v) is 16.7. The van der Waals surface area contributed by atoms with E-state index in [9.17, 15) is 0 Å². The number of hydrogen-bond donors (Lipinski definition) is 0. The van der Waals surface area contributed by atoms with Gasteiger partial charge in [-0.2, -0.15) is 0 Å². The molecule has 8 aromatic carbocycles. The Bertz CT molecular complexity index is 2800. The van der Waals surface area contributed by atoms with Crippen LogP contribution in [0.2, 0.25) is 0 Å². The van der Waals surface area contributed by atoms with Gasteiger partial charge in [-0.05, 0) is 105 Å². The van der Waals surface area contributed by atoms with Crippen LogP contribution in [0, 0.1) is 0 Å². The first kappa shape index (κ1) is 23.4. The number of thiophene rings is 1. The van der Waals surface area contributed by atoms with Crippen molar-refractivity contribution < 1.29 is 6.85 Å². The number of nitrogens with zero attached hydrogens (tertiary/aromatic N) is 1. The fraction of sp³-hybridized carbons (Fsp3) is 0. The van der Waals surface area contributed by atoms with Gasteiger partial charge in [0.25, 0.3) is 0 Å². The maximum absolute atomic E-state index is 8.43. The van der Waals surface area contributed by atoms with Gasteiger partial charge in [0.05, 0.1) is 6.85 Å². The summed E-state index contributed by atoms with van der Waals surface area (Å²) in [4.78, 5) is 2.16. The molecule has 226 valence electrons. The molecule has 0 unspecified atom stereocenters. The Morgan fingerprint density at radius 1 is 0.375 bits per heavy atom. The molecule has 1 nitrogen and oxygen atoms in total. The molecule has 0 fully saturated rings. The lowest BCUT2D eigenvalue weighted by Gasteiger charge is -2.26. The number of anilines is 3. The highest BCUT2D eigenvalue weighted by atomic mass is 32.1. The van der Waals surface area contributed by atoms with Gasteiger partial charge in [-0.25, -0.2) is 0 Å². The maximum atomic E-state index is 8.43. The van der Waals surface area contributed by atoms with Crippen molar-refractivity contribution in [2.75, 3.05) is 4.90 Å². The molecule has 0 saturated carbocycles. The van der Waals surface area contributed by atoms with Crippen molar-refractivity contribution in [3.8, 4) is 33.4 Å². The largest absolute Gasteiger partial charge is 0.310 e. The average molecular weight is 635 g/mol. The lowest BCUT2D eigenvalue weighted by molar-refractivity contribution is 1.29. The lowest BCUT2D eigenvalue weighted by atomic mass is 9.97. The fourth-order valence-corrected chi connectivity index (χ4v) is 7.59.